The van der Waals surface area contributed by atoms with Crippen LogP contribution in [-0.4, -0.2) is 13.1 Å². The summed E-state index contributed by atoms with van der Waals surface area (Å²) in [5.41, 5.74) is 21.0. The molecule has 2 aliphatic heterocycles. The molecule has 0 unspecified atom stereocenters. The molecule has 0 amide bonds. The van der Waals surface area contributed by atoms with Gasteiger partial charge in [0.25, 0.3) is 0 Å². The Hall–Kier alpha value is -7.42. The molecule has 0 saturated carbocycles. The number of benzene rings is 10. The van der Waals surface area contributed by atoms with E-state index in [4.69, 9.17) is 0 Å². The Morgan fingerprint density at radius 3 is 1.68 bits per heavy atom. The summed E-state index contributed by atoms with van der Waals surface area (Å²) in [5, 5.41) is 7.63. The van der Waals surface area contributed by atoms with Gasteiger partial charge in [0.05, 0.1) is 0 Å². The van der Waals surface area contributed by atoms with Gasteiger partial charge < -0.3 is 9.80 Å². The molecule has 2 nitrogen and oxygen atoms in total. The Morgan fingerprint density at radius 2 is 0.923 bits per heavy atom. The normalized spacial score (nSPS) is 14.9. The molecule has 0 spiro atoms. The van der Waals surface area contributed by atoms with Crippen molar-refractivity contribution in [3.63, 3.8) is 0 Å². The molecule has 0 aromatic heterocycles. The molecule has 0 saturated heterocycles. The molecular weight excluding hydrogens is 785 g/mol. The highest BCUT2D eigenvalue weighted by atomic mass is 15.1. The molecule has 0 bridgehead atoms. The predicted molar refractivity (Wildman–Crippen MR) is 276 cm³/mol. The molecule has 0 atom stereocenters. The number of hydrogen-bond donors (Lipinski definition) is 0. The van der Waals surface area contributed by atoms with Crippen LogP contribution in [-0.2, 0) is 18.3 Å². The highest BCUT2D eigenvalue weighted by Gasteiger charge is 2.35. The van der Waals surface area contributed by atoms with Gasteiger partial charge in [-0.05, 0) is 173 Å². The molecule has 3 aliphatic rings. The monoisotopic (exact) mass is 834 g/mol. The fraction of sp³-hybridized carbons (Fsp3) is 0.143. The number of fused-ring (bicyclic) bond motifs is 8. The van der Waals surface area contributed by atoms with Gasteiger partial charge in [-0.25, -0.2) is 0 Å². The zero-order valence-corrected chi connectivity index (χ0v) is 37.1. The summed E-state index contributed by atoms with van der Waals surface area (Å²) in [6.07, 6.45) is 4.50. The number of nitrogens with zero attached hydrogens (tertiary/aromatic N) is 2. The third-order valence-electron chi connectivity index (χ3n) is 15.1. The van der Waals surface area contributed by atoms with Crippen molar-refractivity contribution in [3.8, 4) is 44.5 Å². The lowest BCUT2D eigenvalue weighted by Crippen LogP contribution is -2.24. The SMILES string of the molecule is CC1(C)c2ccccc2-c2ccc(-c3cccc(-c4c5cc(N6CCCc7ccccc76)ccc5c(-c5cccc6ccccc56)c5cc(N6CCCc7ccccc76)ccc45)c3)cc21. The van der Waals surface area contributed by atoms with Crippen molar-refractivity contribution in [3.05, 3.63) is 216 Å². The van der Waals surface area contributed by atoms with Crippen LogP contribution in [0.3, 0.4) is 0 Å². The maximum Gasteiger partial charge on any atom is 0.0443 e. The van der Waals surface area contributed by atoms with Crippen LogP contribution in [0.2, 0.25) is 0 Å². The van der Waals surface area contributed by atoms with Crippen molar-refractivity contribution in [1.29, 1.82) is 0 Å². The zero-order chi connectivity index (χ0) is 43.2. The van der Waals surface area contributed by atoms with E-state index in [1.807, 2.05) is 0 Å². The average Bonchev–Trinajstić information content (AvgIpc) is 3.59. The third kappa shape index (κ3) is 6.00. The van der Waals surface area contributed by atoms with E-state index in [0.29, 0.717) is 0 Å². The van der Waals surface area contributed by atoms with Crippen LogP contribution in [0.15, 0.2) is 194 Å². The second kappa shape index (κ2) is 14.8. The summed E-state index contributed by atoms with van der Waals surface area (Å²) in [4.78, 5) is 5.11. The number of rotatable bonds is 5. The molecule has 312 valence electrons. The number of anilines is 4. The summed E-state index contributed by atoms with van der Waals surface area (Å²) in [7, 11) is 0. The molecule has 0 fully saturated rings. The van der Waals surface area contributed by atoms with Crippen molar-refractivity contribution in [1.82, 2.24) is 0 Å². The number of aryl methyl sites for hydroxylation is 2. The van der Waals surface area contributed by atoms with Crippen LogP contribution in [0.4, 0.5) is 22.7 Å². The first-order chi connectivity index (χ1) is 32.0. The van der Waals surface area contributed by atoms with Crippen LogP contribution in [0.25, 0.3) is 76.8 Å². The standard InChI is InChI=1S/C63H50N2/c1-63(2)57-26-8-7-24-50(57)51-32-29-45(38-58(51)63)44-19-11-20-46(37-44)61-53-33-30-48(65-36-14-22-43-17-5-10-28-60(43)65)40-56(53)62(52-25-12-18-41-15-3-6-23-49(41)52)54-34-31-47(39-55(54)61)64-35-13-21-42-16-4-9-27-59(42)64/h3-12,15-20,23-34,37-40H,13-14,21-22,35-36H2,1-2H3. The first kappa shape index (κ1) is 38.1. The lowest BCUT2D eigenvalue weighted by molar-refractivity contribution is 0.660. The highest BCUT2D eigenvalue weighted by Crippen LogP contribution is 2.52. The Kier molecular flexibility index (Phi) is 8.68. The van der Waals surface area contributed by atoms with Crippen LogP contribution < -0.4 is 9.80 Å². The Labute approximate surface area is 382 Å². The lowest BCUT2D eigenvalue weighted by Gasteiger charge is -2.32. The van der Waals surface area contributed by atoms with Crippen molar-refractivity contribution in [2.45, 2.75) is 44.9 Å². The van der Waals surface area contributed by atoms with E-state index >= 15 is 0 Å². The Morgan fingerprint density at radius 1 is 0.369 bits per heavy atom. The molecule has 0 N–H and O–H groups in total. The molecule has 2 heterocycles. The molecule has 10 aromatic rings. The Bertz CT molecular complexity index is 3550. The van der Waals surface area contributed by atoms with Crippen LogP contribution in [0, 0.1) is 0 Å². The Balaban J connectivity index is 1.09. The first-order valence-corrected chi connectivity index (χ1v) is 23.6. The number of para-hydroxylation sites is 2. The van der Waals surface area contributed by atoms with Crippen molar-refractivity contribution >= 4 is 55.1 Å². The van der Waals surface area contributed by atoms with Gasteiger partial charge in [0, 0.05) is 41.3 Å². The molecule has 10 aromatic carbocycles. The molecule has 2 heteroatoms. The van der Waals surface area contributed by atoms with E-state index in [1.165, 1.54) is 122 Å². The fourth-order valence-corrected chi connectivity index (χ4v) is 11.9. The maximum absolute atomic E-state index is 2.56. The van der Waals surface area contributed by atoms with E-state index in [-0.39, 0.29) is 5.41 Å². The molecule has 13 rings (SSSR count). The van der Waals surface area contributed by atoms with Crippen LogP contribution >= 0.6 is 0 Å². The van der Waals surface area contributed by atoms with Gasteiger partial charge in [0.15, 0.2) is 0 Å². The van der Waals surface area contributed by atoms with Gasteiger partial charge in [-0.1, -0.05) is 159 Å². The highest BCUT2D eigenvalue weighted by molar-refractivity contribution is 6.24. The minimum atomic E-state index is -0.0700. The van der Waals surface area contributed by atoms with Gasteiger partial charge in [-0.3, -0.25) is 0 Å². The second-order valence-corrected chi connectivity index (χ2v) is 19.0. The summed E-state index contributed by atoms with van der Waals surface area (Å²) in [5.74, 6) is 0. The van der Waals surface area contributed by atoms with Crippen LogP contribution in [0.1, 0.15) is 48.9 Å². The third-order valence-corrected chi connectivity index (χ3v) is 15.1. The average molecular weight is 835 g/mol. The molecule has 1 aliphatic carbocycles. The maximum atomic E-state index is 2.56. The van der Waals surface area contributed by atoms with E-state index in [2.05, 4.69) is 218 Å². The fourth-order valence-electron chi connectivity index (χ4n) is 11.9. The van der Waals surface area contributed by atoms with E-state index in [0.717, 1.165) is 38.8 Å². The van der Waals surface area contributed by atoms with E-state index < -0.39 is 0 Å². The predicted octanol–water partition coefficient (Wildman–Crippen LogP) is 16.6. The molecule has 65 heavy (non-hydrogen) atoms. The molecular formula is C63H50N2. The summed E-state index contributed by atoms with van der Waals surface area (Å²) in [6, 6.07) is 73.9. The molecule has 0 radical (unpaired) electrons. The van der Waals surface area contributed by atoms with E-state index in [9.17, 15) is 0 Å². The summed E-state index contributed by atoms with van der Waals surface area (Å²) >= 11 is 0. The van der Waals surface area contributed by atoms with Gasteiger partial charge in [-0.15, -0.1) is 0 Å². The quantitative estimate of drug-likeness (QED) is 0.159. The summed E-state index contributed by atoms with van der Waals surface area (Å²) in [6.45, 7) is 6.75. The second-order valence-electron chi connectivity index (χ2n) is 19.0. The van der Waals surface area contributed by atoms with Gasteiger partial charge in [0.2, 0.25) is 0 Å². The largest absolute Gasteiger partial charge is 0.341 e. The summed E-state index contributed by atoms with van der Waals surface area (Å²) < 4.78 is 0. The first-order valence-electron chi connectivity index (χ1n) is 23.6. The smallest absolute Gasteiger partial charge is 0.0443 e. The lowest BCUT2D eigenvalue weighted by atomic mass is 9.81. The van der Waals surface area contributed by atoms with Gasteiger partial charge >= 0.3 is 0 Å². The minimum absolute atomic E-state index is 0.0700. The number of hydrogen-bond acceptors (Lipinski definition) is 2. The van der Waals surface area contributed by atoms with Crippen molar-refractivity contribution in [2.24, 2.45) is 0 Å². The topological polar surface area (TPSA) is 6.48 Å². The van der Waals surface area contributed by atoms with Crippen molar-refractivity contribution < 1.29 is 0 Å². The zero-order valence-electron chi connectivity index (χ0n) is 37.1. The van der Waals surface area contributed by atoms with Gasteiger partial charge in [0.1, 0.15) is 0 Å². The van der Waals surface area contributed by atoms with Crippen LogP contribution in [0.5, 0.6) is 0 Å². The minimum Gasteiger partial charge on any atom is -0.341 e. The van der Waals surface area contributed by atoms with Gasteiger partial charge in [-0.2, -0.15) is 0 Å². The van der Waals surface area contributed by atoms with E-state index in [1.54, 1.807) is 0 Å². The van der Waals surface area contributed by atoms with Crippen molar-refractivity contribution in [2.75, 3.05) is 22.9 Å².